The standard InChI is InChI=1S/C18H14ClFN2O3S/c1-22(9-16-21-14-4-2-3-5-15(14)26-16)17(23)10-25-18(24)12-7-6-11(20)8-13(12)19/h2-8H,9-10H2,1H3. The highest BCUT2D eigenvalue weighted by atomic mass is 35.5. The van der Waals surface area contributed by atoms with Crippen molar-refractivity contribution < 1.29 is 18.7 Å². The Kier molecular flexibility index (Phi) is 5.49. The fraction of sp³-hybridized carbons (Fsp3) is 0.167. The molecule has 0 aliphatic heterocycles. The zero-order chi connectivity index (χ0) is 18.7. The summed E-state index contributed by atoms with van der Waals surface area (Å²) in [7, 11) is 1.60. The lowest BCUT2D eigenvalue weighted by atomic mass is 10.2. The van der Waals surface area contributed by atoms with Gasteiger partial charge in [0, 0.05) is 7.05 Å². The van der Waals surface area contributed by atoms with Gasteiger partial charge in [-0.25, -0.2) is 14.2 Å². The number of hydrogen-bond donors (Lipinski definition) is 0. The highest BCUT2D eigenvalue weighted by Gasteiger charge is 2.17. The summed E-state index contributed by atoms with van der Waals surface area (Å²) in [6, 6.07) is 11.0. The van der Waals surface area contributed by atoms with Crippen LogP contribution in [0.2, 0.25) is 5.02 Å². The summed E-state index contributed by atoms with van der Waals surface area (Å²) in [6.07, 6.45) is 0. The van der Waals surface area contributed by atoms with Crippen molar-refractivity contribution in [1.29, 1.82) is 0 Å². The van der Waals surface area contributed by atoms with Gasteiger partial charge in [0.2, 0.25) is 0 Å². The highest BCUT2D eigenvalue weighted by molar-refractivity contribution is 7.18. The Morgan fingerprint density at radius 1 is 1.27 bits per heavy atom. The number of ether oxygens (including phenoxy) is 1. The molecule has 0 N–H and O–H groups in total. The molecule has 1 amide bonds. The first kappa shape index (κ1) is 18.3. The molecule has 0 saturated carbocycles. The second-order valence-corrected chi connectivity index (χ2v) is 7.05. The van der Waals surface area contributed by atoms with Crippen molar-refractivity contribution in [1.82, 2.24) is 9.88 Å². The molecule has 2 aromatic carbocycles. The van der Waals surface area contributed by atoms with Crippen LogP contribution in [0.5, 0.6) is 0 Å². The van der Waals surface area contributed by atoms with Gasteiger partial charge in [0.05, 0.1) is 27.3 Å². The Bertz CT molecular complexity index is 943. The minimum absolute atomic E-state index is 0.00897. The number of halogens is 2. The Labute approximate surface area is 158 Å². The van der Waals surface area contributed by atoms with Gasteiger partial charge in [-0.1, -0.05) is 23.7 Å². The summed E-state index contributed by atoms with van der Waals surface area (Å²) in [6.45, 7) is -0.124. The number of benzene rings is 2. The summed E-state index contributed by atoms with van der Waals surface area (Å²) in [5.74, 6) is -1.72. The van der Waals surface area contributed by atoms with E-state index < -0.39 is 18.4 Å². The average Bonchev–Trinajstić information content (AvgIpc) is 3.01. The molecule has 0 aliphatic carbocycles. The van der Waals surface area contributed by atoms with E-state index in [9.17, 15) is 14.0 Å². The number of rotatable bonds is 5. The molecule has 0 atom stereocenters. The Hall–Kier alpha value is -2.51. The Balaban J connectivity index is 1.57. The van der Waals surface area contributed by atoms with Crippen molar-refractivity contribution >= 4 is 45.0 Å². The quantitative estimate of drug-likeness (QED) is 0.618. The number of nitrogens with zero attached hydrogens (tertiary/aromatic N) is 2. The summed E-state index contributed by atoms with van der Waals surface area (Å²) in [5.41, 5.74) is 0.889. The van der Waals surface area contributed by atoms with E-state index in [1.807, 2.05) is 24.3 Å². The van der Waals surface area contributed by atoms with Crippen LogP contribution in [0.15, 0.2) is 42.5 Å². The van der Waals surface area contributed by atoms with E-state index in [2.05, 4.69) is 4.98 Å². The number of hydrogen-bond acceptors (Lipinski definition) is 5. The van der Waals surface area contributed by atoms with Gasteiger partial charge in [-0.2, -0.15) is 0 Å². The van der Waals surface area contributed by atoms with E-state index in [1.165, 1.54) is 22.3 Å². The molecule has 0 fully saturated rings. The van der Waals surface area contributed by atoms with Crippen LogP contribution in [0.4, 0.5) is 4.39 Å². The van der Waals surface area contributed by atoms with E-state index in [0.29, 0.717) is 6.54 Å². The molecular formula is C18H14ClFN2O3S. The van der Waals surface area contributed by atoms with Gasteiger partial charge in [0.25, 0.3) is 5.91 Å². The normalized spacial score (nSPS) is 10.7. The van der Waals surface area contributed by atoms with E-state index in [-0.39, 0.29) is 16.5 Å². The first-order chi connectivity index (χ1) is 12.4. The summed E-state index contributed by atoms with van der Waals surface area (Å²) < 4.78 is 19.0. The van der Waals surface area contributed by atoms with E-state index in [1.54, 1.807) is 7.05 Å². The number of amides is 1. The number of likely N-dealkylation sites (N-methyl/N-ethyl adjacent to an activating group) is 1. The van der Waals surface area contributed by atoms with Gasteiger partial charge < -0.3 is 9.64 Å². The maximum atomic E-state index is 13.0. The van der Waals surface area contributed by atoms with Crippen LogP contribution in [0, 0.1) is 5.82 Å². The van der Waals surface area contributed by atoms with Gasteiger partial charge in [0.15, 0.2) is 6.61 Å². The highest BCUT2D eigenvalue weighted by Crippen LogP contribution is 2.22. The van der Waals surface area contributed by atoms with Crippen LogP contribution in [0.1, 0.15) is 15.4 Å². The number of carbonyl (C=O) groups excluding carboxylic acids is 2. The molecule has 3 aromatic rings. The first-order valence-electron chi connectivity index (χ1n) is 7.64. The van der Waals surface area contributed by atoms with Crippen LogP contribution in [0.25, 0.3) is 10.2 Å². The van der Waals surface area contributed by atoms with Crippen LogP contribution in [0.3, 0.4) is 0 Å². The zero-order valence-electron chi connectivity index (χ0n) is 13.7. The maximum absolute atomic E-state index is 13.0. The smallest absolute Gasteiger partial charge is 0.340 e. The van der Waals surface area contributed by atoms with Gasteiger partial charge >= 0.3 is 5.97 Å². The molecule has 1 aromatic heterocycles. The molecule has 0 radical (unpaired) electrons. The maximum Gasteiger partial charge on any atom is 0.340 e. The number of esters is 1. The predicted octanol–water partition coefficient (Wildman–Crippen LogP) is 3.90. The van der Waals surface area contributed by atoms with Crippen molar-refractivity contribution in [3.8, 4) is 0 Å². The Morgan fingerprint density at radius 3 is 2.77 bits per heavy atom. The number of fused-ring (bicyclic) bond motifs is 1. The topological polar surface area (TPSA) is 59.5 Å². The zero-order valence-corrected chi connectivity index (χ0v) is 15.3. The van der Waals surface area contributed by atoms with E-state index in [4.69, 9.17) is 16.3 Å². The molecule has 0 aliphatic rings. The molecule has 0 unspecified atom stereocenters. The number of thiazole rings is 1. The number of aromatic nitrogens is 1. The second kappa shape index (κ2) is 7.80. The fourth-order valence-corrected chi connectivity index (χ4v) is 3.51. The fourth-order valence-electron chi connectivity index (χ4n) is 2.25. The van der Waals surface area contributed by atoms with Crippen LogP contribution < -0.4 is 0 Å². The van der Waals surface area contributed by atoms with Gasteiger partial charge in [-0.05, 0) is 30.3 Å². The van der Waals surface area contributed by atoms with Crippen molar-refractivity contribution in [2.75, 3.05) is 13.7 Å². The van der Waals surface area contributed by atoms with Crippen LogP contribution in [-0.2, 0) is 16.1 Å². The minimum Gasteiger partial charge on any atom is -0.452 e. The third-order valence-corrected chi connectivity index (χ3v) is 4.95. The van der Waals surface area contributed by atoms with Crippen molar-refractivity contribution in [3.05, 3.63) is 63.9 Å². The molecule has 0 spiro atoms. The van der Waals surface area contributed by atoms with Gasteiger partial charge in [-0.3, -0.25) is 4.79 Å². The lowest BCUT2D eigenvalue weighted by Gasteiger charge is -2.15. The predicted molar refractivity (Wildman–Crippen MR) is 97.8 cm³/mol. The second-order valence-electron chi connectivity index (χ2n) is 5.53. The van der Waals surface area contributed by atoms with Crippen molar-refractivity contribution in [2.24, 2.45) is 0 Å². The van der Waals surface area contributed by atoms with Crippen molar-refractivity contribution in [3.63, 3.8) is 0 Å². The van der Waals surface area contributed by atoms with Crippen LogP contribution in [-0.4, -0.2) is 35.4 Å². The third-order valence-electron chi connectivity index (χ3n) is 3.61. The third kappa shape index (κ3) is 4.17. The minimum atomic E-state index is -0.781. The molecule has 3 rings (SSSR count). The number of carbonyl (C=O) groups is 2. The molecular weight excluding hydrogens is 379 g/mol. The molecule has 5 nitrogen and oxygen atoms in total. The van der Waals surface area contributed by atoms with E-state index in [0.717, 1.165) is 27.4 Å². The SMILES string of the molecule is CN(Cc1nc2ccccc2s1)C(=O)COC(=O)c1ccc(F)cc1Cl. The molecule has 0 saturated heterocycles. The Morgan fingerprint density at radius 2 is 2.04 bits per heavy atom. The number of para-hydroxylation sites is 1. The summed E-state index contributed by atoms with van der Waals surface area (Å²) >= 11 is 7.31. The summed E-state index contributed by atoms with van der Waals surface area (Å²) in [5, 5.41) is 0.722. The molecule has 0 bridgehead atoms. The lowest BCUT2D eigenvalue weighted by Crippen LogP contribution is -2.30. The largest absolute Gasteiger partial charge is 0.452 e. The summed E-state index contributed by atoms with van der Waals surface area (Å²) in [4.78, 5) is 30.0. The van der Waals surface area contributed by atoms with Crippen LogP contribution >= 0.6 is 22.9 Å². The molecule has 134 valence electrons. The van der Waals surface area contributed by atoms with Gasteiger partial charge in [0.1, 0.15) is 10.8 Å². The average molecular weight is 393 g/mol. The first-order valence-corrected chi connectivity index (χ1v) is 8.84. The monoisotopic (exact) mass is 392 g/mol. The van der Waals surface area contributed by atoms with Gasteiger partial charge in [-0.15, -0.1) is 11.3 Å². The van der Waals surface area contributed by atoms with Crippen molar-refractivity contribution in [2.45, 2.75) is 6.54 Å². The molecule has 1 heterocycles. The molecule has 26 heavy (non-hydrogen) atoms. The molecule has 8 heteroatoms. The van der Waals surface area contributed by atoms with E-state index >= 15 is 0 Å². The lowest BCUT2D eigenvalue weighted by molar-refractivity contribution is -0.133.